The predicted molar refractivity (Wildman–Crippen MR) is 198 cm³/mol. The van der Waals surface area contributed by atoms with Gasteiger partial charge >= 0.3 is 5.97 Å². The lowest BCUT2D eigenvalue weighted by molar-refractivity contribution is -0.365. The van der Waals surface area contributed by atoms with Gasteiger partial charge in [-0.2, -0.15) is 0 Å². The van der Waals surface area contributed by atoms with Crippen LogP contribution in [0, 0.1) is 34.5 Å². The zero-order valence-corrected chi connectivity index (χ0v) is 33.8. The molecule has 0 aromatic carbocycles. The van der Waals surface area contributed by atoms with Crippen LogP contribution in [0.3, 0.4) is 0 Å². The van der Waals surface area contributed by atoms with Crippen LogP contribution in [0.15, 0.2) is 11.6 Å². The Balaban J connectivity index is 0.861. The monoisotopic (exact) mass is 844 g/mol. The molecule has 0 radical (unpaired) electrons. The lowest BCUT2D eigenvalue weighted by Crippen LogP contribution is -2.64. The number of aliphatic hydroxyl groups is 10. The highest BCUT2D eigenvalue weighted by molar-refractivity contribution is 5.85. The second-order valence-corrected chi connectivity index (χ2v) is 19.2. The molecule has 10 N–H and O–H groups in total. The SMILES string of the molecule is CC1OC(OC2CCC3(C)C(CCC4C3CCC3(C)C(C5=CC(=O)OC5)CCC43O)C2)C(O)C(O)C1OC1OC(COC2OC(CO)C(O)C(O)C2O)C(O)C(O)C1O. The van der Waals surface area contributed by atoms with Crippen molar-refractivity contribution in [2.75, 3.05) is 19.8 Å². The highest BCUT2D eigenvalue weighted by atomic mass is 16.8. The zero-order valence-electron chi connectivity index (χ0n) is 33.8. The number of cyclic esters (lactones) is 1. The highest BCUT2D eigenvalue weighted by Gasteiger charge is 2.68. The van der Waals surface area contributed by atoms with E-state index >= 15 is 0 Å². The lowest BCUT2D eigenvalue weighted by Gasteiger charge is -2.64. The molecule has 4 aliphatic heterocycles. The summed E-state index contributed by atoms with van der Waals surface area (Å²) in [5.41, 5.74) is -0.142. The Kier molecular flexibility index (Phi) is 12.4. The second kappa shape index (κ2) is 16.6. The summed E-state index contributed by atoms with van der Waals surface area (Å²) in [6, 6.07) is 0. The van der Waals surface area contributed by atoms with Crippen LogP contribution in [0.4, 0.5) is 0 Å². The molecule has 18 heteroatoms. The summed E-state index contributed by atoms with van der Waals surface area (Å²) in [6.07, 6.45) is -13.8. The fourth-order valence-corrected chi connectivity index (χ4v) is 12.7. The normalized spacial score (nSPS) is 55.1. The third-order valence-corrected chi connectivity index (χ3v) is 16.3. The summed E-state index contributed by atoms with van der Waals surface area (Å²) >= 11 is 0. The van der Waals surface area contributed by atoms with Crippen molar-refractivity contribution in [3.05, 3.63) is 11.6 Å². The number of ether oxygens (including phenoxy) is 7. The highest BCUT2D eigenvalue weighted by Crippen LogP contribution is 2.70. The average molecular weight is 845 g/mol. The van der Waals surface area contributed by atoms with E-state index in [4.69, 9.17) is 33.2 Å². The van der Waals surface area contributed by atoms with Crippen molar-refractivity contribution in [2.45, 2.75) is 182 Å². The summed E-state index contributed by atoms with van der Waals surface area (Å²) in [7, 11) is 0. The van der Waals surface area contributed by atoms with Crippen molar-refractivity contribution < 1.29 is 89.0 Å². The van der Waals surface area contributed by atoms with Gasteiger partial charge in [-0.25, -0.2) is 4.79 Å². The van der Waals surface area contributed by atoms with E-state index < -0.39 is 111 Å². The van der Waals surface area contributed by atoms with Gasteiger partial charge in [0.05, 0.1) is 31.0 Å². The molecule has 4 heterocycles. The molecule has 8 rings (SSSR count). The standard InChI is InChI=1S/C41H64O18/c1-17-35(59-38-33(50)30(47)28(45)25(58-38)16-54-36-32(49)29(46)27(44)24(14-42)57-36)31(48)34(51)37(55-17)56-20-6-9-39(2)19(13-20)4-5-23-22(39)7-10-40(3)21(8-11-41(23,40)52)18-12-26(43)53-15-18/h12,17,19-25,27-38,42,44-52H,4-11,13-16H2,1-3H3. The Morgan fingerprint density at radius 3 is 2.07 bits per heavy atom. The number of esters is 1. The number of hydrogen-bond acceptors (Lipinski definition) is 18. The number of fused-ring (bicyclic) bond motifs is 5. The largest absolute Gasteiger partial charge is 0.458 e. The molecule has 4 aliphatic carbocycles. The third kappa shape index (κ3) is 7.43. The van der Waals surface area contributed by atoms with E-state index in [0.717, 1.165) is 50.5 Å². The molecule has 4 saturated carbocycles. The van der Waals surface area contributed by atoms with Crippen molar-refractivity contribution in [2.24, 2.45) is 34.5 Å². The zero-order chi connectivity index (χ0) is 42.3. The van der Waals surface area contributed by atoms with Crippen molar-refractivity contribution >= 4 is 5.97 Å². The van der Waals surface area contributed by atoms with Crippen molar-refractivity contribution in [1.29, 1.82) is 0 Å². The van der Waals surface area contributed by atoms with Crippen LogP contribution < -0.4 is 0 Å². The quantitative estimate of drug-likeness (QED) is 0.0897. The van der Waals surface area contributed by atoms with E-state index in [1.54, 1.807) is 13.0 Å². The number of aliphatic hydroxyl groups excluding tert-OH is 9. The van der Waals surface area contributed by atoms with Gasteiger partial charge in [0.25, 0.3) is 0 Å². The predicted octanol–water partition coefficient (Wildman–Crippen LogP) is -1.90. The topological polar surface area (TPSA) is 284 Å². The molecule has 59 heavy (non-hydrogen) atoms. The van der Waals surface area contributed by atoms with Crippen LogP contribution in [-0.2, 0) is 38.0 Å². The Morgan fingerprint density at radius 2 is 1.37 bits per heavy atom. The number of rotatable bonds is 9. The molecule has 0 aromatic rings. The van der Waals surface area contributed by atoms with E-state index in [1.807, 2.05) is 0 Å². The molecule has 3 saturated heterocycles. The molecule has 23 unspecified atom stereocenters. The summed E-state index contributed by atoms with van der Waals surface area (Å²) in [6.45, 7) is 5.23. The first-order chi connectivity index (χ1) is 27.9. The molecule has 8 aliphatic rings. The molecular weight excluding hydrogens is 780 g/mol. The van der Waals surface area contributed by atoms with Gasteiger partial charge in [-0.15, -0.1) is 0 Å². The van der Waals surface area contributed by atoms with Crippen LogP contribution >= 0.6 is 0 Å². The van der Waals surface area contributed by atoms with Gasteiger partial charge < -0.3 is 84.2 Å². The number of carbonyl (C=O) groups is 1. The Hall–Kier alpha value is -1.43. The maximum absolute atomic E-state index is 12.6. The summed E-state index contributed by atoms with van der Waals surface area (Å²) in [5, 5.41) is 107. The maximum Gasteiger partial charge on any atom is 0.331 e. The average Bonchev–Trinajstić information content (AvgIpc) is 3.76. The number of hydrogen-bond donors (Lipinski definition) is 10. The smallest absolute Gasteiger partial charge is 0.331 e. The summed E-state index contributed by atoms with van der Waals surface area (Å²) in [4.78, 5) is 11.9. The Labute approximate surface area is 342 Å². The molecule has 7 fully saturated rings. The fourth-order valence-electron chi connectivity index (χ4n) is 12.7. The van der Waals surface area contributed by atoms with E-state index in [1.165, 1.54) is 0 Å². The van der Waals surface area contributed by atoms with Gasteiger partial charge in [0, 0.05) is 11.5 Å². The van der Waals surface area contributed by atoms with E-state index in [-0.39, 0.29) is 34.7 Å². The molecule has 0 bridgehead atoms. The van der Waals surface area contributed by atoms with Gasteiger partial charge in [0.1, 0.15) is 73.8 Å². The minimum absolute atomic E-state index is 0.0158. The van der Waals surface area contributed by atoms with Crippen LogP contribution in [0.5, 0.6) is 0 Å². The fraction of sp³-hybridized carbons (Fsp3) is 0.927. The van der Waals surface area contributed by atoms with Crippen LogP contribution in [0.2, 0.25) is 0 Å². The molecule has 0 amide bonds. The van der Waals surface area contributed by atoms with Gasteiger partial charge in [-0.05, 0) is 99.4 Å². The van der Waals surface area contributed by atoms with Crippen molar-refractivity contribution in [3.63, 3.8) is 0 Å². The van der Waals surface area contributed by atoms with Gasteiger partial charge in [0.15, 0.2) is 18.9 Å². The molecule has 336 valence electrons. The van der Waals surface area contributed by atoms with Gasteiger partial charge in [-0.1, -0.05) is 13.8 Å². The molecule has 23 atom stereocenters. The first-order valence-corrected chi connectivity index (χ1v) is 21.5. The van der Waals surface area contributed by atoms with E-state index in [2.05, 4.69) is 13.8 Å². The minimum atomic E-state index is -1.81. The summed E-state index contributed by atoms with van der Waals surface area (Å²) in [5.74, 6) is 0.641. The molecular formula is C41H64O18. The maximum atomic E-state index is 12.6. The van der Waals surface area contributed by atoms with Gasteiger partial charge in [0.2, 0.25) is 0 Å². The first kappa shape index (κ1) is 44.2. The van der Waals surface area contributed by atoms with Crippen molar-refractivity contribution in [1.82, 2.24) is 0 Å². The molecule has 0 spiro atoms. The second-order valence-electron chi connectivity index (χ2n) is 19.2. The van der Waals surface area contributed by atoms with Gasteiger partial charge in [-0.3, -0.25) is 0 Å². The molecule has 18 nitrogen and oxygen atoms in total. The first-order valence-electron chi connectivity index (χ1n) is 21.5. The van der Waals surface area contributed by atoms with E-state index in [9.17, 15) is 55.9 Å². The van der Waals surface area contributed by atoms with Crippen LogP contribution in [0.25, 0.3) is 0 Å². The van der Waals surface area contributed by atoms with Crippen LogP contribution in [-0.4, -0.2) is 181 Å². The molecule has 0 aromatic heterocycles. The van der Waals surface area contributed by atoms with E-state index in [0.29, 0.717) is 31.3 Å². The summed E-state index contributed by atoms with van der Waals surface area (Å²) < 4.78 is 40.2. The van der Waals surface area contributed by atoms with Crippen LogP contribution in [0.1, 0.15) is 78.6 Å². The van der Waals surface area contributed by atoms with Crippen molar-refractivity contribution in [3.8, 4) is 0 Å². The number of carbonyl (C=O) groups excluding carboxylic acids is 1. The lowest BCUT2D eigenvalue weighted by atomic mass is 9.43. The minimum Gasteiger partial charge on any atom is -0.458 e. The third-order valence-electron chi connectivity index (χ3n) is 16.3. The Morgan fingerprint density at radius 1 is 0.712 bits per heavy atom. The Bertz CT molecular complexity index is 1550.